The summed E-state index contributed by atoms with van der Waals surface area (Å²) in [5.41, 5.74) is 1.04. The van der Waals surface area contributed by atoms with Crippen molar-refractivity contribution < 1.29 is 36.1 Å². The monoisotopic (exact) mass is 629 g/mol. The Labute approximate surface area is 259 Å². The van der Waals surface area contributed by atoms with Crippen molar-refractivity contribution in [3.05, 3.63) is 60.7 Å². The number of nitrogens with one attached hydrogen (secondary N) is 2. The Hall–Kier alpha value is -5.84. The van der Waals surface area contributed by atoms with E-state index in [1.165, 1.54) is 37.6 Å². The van der Waals surface area contributed by atoms with E-state index in [0.717, 1.165) is 0 Å². The summed E-state index contributed by atoms with van der Waals surface area (Å²) in [5.74, 6) is -0.349. The highest BCUT2D eigenvalue weighted by atomic mass is 16.4. The number of oxazole rings is 6. The molecule has 0 fully saturated rings. The van der Waals surface area contributed by atoms with Crippen LogP contribution in [0, 0.1) is 5.92 Å². The number of carbonyl (C=O) groups is 2. The molecule has 1 aliphatic heterocycles. The largest absolute Gasteiger partial charge is 0.446 e. The zero-order valence-corrected chi connectivity index (χ0v) is 25.0. The second-order valence-corrected chi connectivity index (χ2v) is 11.1. The molecule has 0 unspecified atom stereocenters. The van der Waals surface area contributed by atoms with Crippen LogP contribution in [0.4, 0.5) is 0 Å². The van der Waals surface area contributed by atoms with Crippen LogP contribution in [0.5, 0.6) is 0 Å². The molecule has 2 N–H and O–H groups in total. The highest BCUT2D eigenvalue weighted by molar-refractivity contribution is 5.93. The molecule has 7 rings (SSSR count). The lowest BCUT2D eigenvalue weighted by Crippen LogP contribution is -2.32. The summed E-state index contributed by atoms with van der Waals surface area (Å²) in [6.45, 7) is 4.40. The van der Waals surface area contributed by atoms with E-state index in [9.17, 15) is 9.59 Å². The molecule has 17 heteroatoms. The molecule has 0 spiro atoms. The number of fused-ring (bicyclic) bond motifs is 16. The quantitative estimate of drug-likeness (QED) is 0.280. The van der Waals surface area contributed by atoms with Gasteiger partial charge in [0.15, 0.2) is 34.2 Å². The third-order valence-electron chi connectivity index (χ3n) is 7.09. The fourth-order valence-electron chi connectivity index (χ4n) is 4.65. The Bertz CT molecular complexity index is 2010. The fourth-order valence-corrected chi connectivity index (χ4v) is 4.65. The molecule has 6 aromatic heterocycles. The van der Waals surface area contributed by atoms with Crippen molar-refractivity contribution in [2.75, 3.05) is 20.6 Å². The molecule has 6 aromatic rings. The number of hydrogen-bond donors (Lipinski definition) is 2. The highest BCUT2D eigenvalue weighted by Crippen LogP contribution is 2.30. The number of nitrogens with zero attached hydrogens (tertiary/aromatic N) is 7. The molecule has 0 saturated heterocycles. The summed E-state index contributed by atoms with van der Waals surface area (Å²) >= 11 is 0. The lowest BCUT2D eigenvalue weighted by molar-refractivity contribution is 0.0907. The van der Waals surface area contributed by atoms with Gasteiger partial charge in [-0.2, -0.15) is 0 Å². The minimum absolute atomic E-state index is 0.0114. The number of aromatic nitrogens is 6. The van der Waals surface area contributed by atoms with Gasteiger partial charge in [-0.3, -0.25) is 9.59 Å². The number of hydrogen-bond acceptors (Lipinski definition) is 15. The van der Waals surface area contributed by atoms with Gasteiger partial charge in [0.25, 0.3) is 11.8 Å². The van der Waals surface area contributed by atoms with Crippen LogP contribution < -0.4 is 10.6 Å². The van der Waals surface area contributed by atoms with Gasteiger partial charge in [-0.25, -0.2) is 29.9 Å². The van der Waals surface area contributed by atoms with Gasteiger partial charge in [-0.15, -0.1) is 0 Å². The lowest BCUT2D eigenvalue weighted by atomic mass is 10.0. The van der Waals surface area contributed by atoms with Gasteiger partial charge in [0.05, 0.1) is 0 Å². The first-order valence-corrected chi connectivity index (χ1v) is 14.2. The maximum atomic E-state index is 13.3. The van der Waals surface area contributed by atoms with Crippen molar-refractivity contribution in [2.24, 2.45) is 5.92 Å². The number of carbonyl (C=O) groups excluding carboxylic acids is 2. The molecular formula is C29H27N9O8. The molecule has 0 aromatic carbocycles. The highest BCUT2D eigenvalue weighted by Gasteiger charge is 2.29. The first-order valence-electron chi connectivity index (χ1n) is 14.2. The summed E-state index contributed by atoms with van der Waals surface area (Å²) in [4.78, 5) is 54.8. The molecule has 0 saturated carbocycles. The Balaban J connectivity index is 1.27. The van der Waals surface area contributed by atoms with Gasteiger partial charge in [-0.1, -0.05) is 13.8 Å². The standard InChI is InChI=1S/C29H27N9O8/c1-13(2)21-29-36-20(12-46-29)28-35-17(11-45-28)25-31-15(7-41-25)22(39)30-14(5-6-38(3)4)24-33-19(9-43-24)27-34-18(10-44-27)26-32-16(8-42-26)23(40)37-21/h7-14,21H,5-6H2,1-4H3,(H,30,39)(H,37,40)/t14-,21-/m0/s1. The van der Waals surface area contributed by atoms with Gasteiger partial charge in [0.2, 0.25) is 35.3 Å². The van der Waals surface area contributed by atoms with E-state index in [4.69, 9.17) is 26.5 Å². The predicted octanol–water partition coefficient (Wildman–Crippen LogP) is 4.15. The van der Waals surface area contributed by atoms with Crippen LogP contribution >= 0.6 is 0 Å². The van der Waals surface area contributed by atoms with Crippen LogP contribution in [0.2, 0.25) is 0 Å². The second kappa shape index (κ2) is 11.6. The summed E-state index contributed by atoms with van der Waals surface area (Å²) in [5, 5.41) is 5.79. The zero-order valence-electron chi connectivity index (χ0n) is 25.0. The lowest BCUT2D eigenvalue weighted by Gasteiger charge is -2.18. The summed E-state index contributed by atoms with van der Waals surface area (Å²) in [7, 11) is 3.82. The van der Waals surface area contributed by atoms with Gasteiger partial charge in [-0.05, 0) is 33.0 Å². The van der Waals surface area contributed by atoms with Gasteiger partial charge in [0.1, 0.15) is 49.7 Å². The zero-order chi connectivity index (χ0) is 31.9. The Morgan fingerprint density at radius 1 is 0.609 bits per heavy atom. The van der Waals surface area contributed by atoms with E-state index in [2.05, 4.69) is 40.5 Å². The van der Waals surface area contributed by atoms with Gasteiger partial charge in [0, 0.05) is 0 Å². The maximum absolute atomic E-state index is 13.3. The molecule has 7 heterocycles. The average molecular weight is 630 g/mol. The van der Waals surface area contributed by atoms with Crippen molar-refractivity contribution in [1.29, 1.82) is 0 Å². The van der Waals surface area contributed by atoms with Crippen molar-refractivity contribution >= 4 is 11.8 Å². The Morgan fingerprint density at radius 2 is 1.02 bits per heavy atom. The van der Waals surface area contributed by atoms with Crippen molar-refractivity contribution in [2.45, 2.75) is 32.4 Å². The van der Waals surface area contributed by atoms with Crippen molar-refractivity contribution in [3.8, 4) is 46.3 Å². The summed E-state index contributed by atoms with van der Waals surface area (Å²) < 4.78 is 33.8. The van der Waals surface area contributed by atoms with Crippen molar-refractivity contribution in [1.82, 2.24) is 45.4 Å². The topological polar surface area (TPSA) is 218 Å². The van der Waals surface area contributed by atoms with E-state index in [1.807, 2.05) is 32.8 Å². The molecule has 46 heavy (non-hydrogen) atoms. The third kappa shape index (κ3) is 5.58. The average Bonchev–Trinajstić information content (AvgIpc) is 3.87. The minimum Gasteiger partial charge on any atom is -0.446 e. The van der Waals surface area contributed by atoms with E-state index >= 15 is 0 Å². The molecule has 2 atom stereocenters. The predicted molar refractivity (Wildman–Crippen MR) is 153 cm³/mol. The molecule has 12 bridgehead atoms. The van der Waals surface area contributed by atoms with Crippen LogP contribution in [-0.2, 0) is 0 Å². The van der Waals surface area contributed by atoms with E-state index in [0.29, 0.717) is 13.0 Å². The van der Waals surface area contributed by atoms with Crippen LogP contribution in [0.3, 0.4) is 0 Å². The van der Waals surface area contributed by atoms with Crippen molar-refractivity contribution in [3.63, 3.8) is 0 Å². The molecule has 0 radical (unpaired) electrons. The van der Waals surface area contributed by atoms with E-state index < -0.39 is 23.9 Å². The van der Waals surface area contributed by atoms with Gasteiger partial charge < -0.3 is 42.0 Å². The number of amides is 2. The first kappa shape index (κ1) is 28.9. The summed E-state index contributed by atoms with van der Waals surface area (Å²) in [6, 6.07) is -1.26. The fraction of sp³-hybridized carbons (Fsp3) is 0.310. The summed E-state index contributed by atoms with van der Waals surface area (Å²) in [6.07, 6.45) is 8.28. The normalized spacial score (nSPS) is 16.8. The van der Waals surface area contributed by atoms with Crippen LogP contribution in [0.1, 0.15) is 65.1 Å². The first-order chi connectivity index (χ1) is 22.2. The van der Waals surface area contributed by atoms with Gasteiger partial charge >= 0.3 is 0 Å². The molecule has 0 aliphatic carbocycles. The van der Waals surface area contributed by atoms with Crippen LogP contribution in [0.25, 0.3) is 46.3 Å². The number of rotatable bonds is 4. The third-order valence-corrected chi connectivity index (χ3v) is 7.09. The van der Waals surface area contributed by atoms with E-state index in [-0.39, 0.29) is 75.4 Å². The molecule has 1 aliphatic rings. The van der Waals surface area contributed by atoms with Crippen LogP contribution in [0.15, 0.2) is 64.1 Å². The SMILES string of the molecule is CC(C)[C@@H]1NC(=O)c2coc(n2)-c2coc(n2)-c2coc(n2)[C@H](CCN(C)C)NC(=O)c2coc(n2)-c2coc(n2)-c2coc1n2. The Morgan fingerprint density at radius 3 is 1.54 bits per heavy atom. The molecule has 17 nitrogen and oxygen atoms in total. The van der Waals surface area contributed by atoms with E-state index in [1.54, 1.807) is 0 Å². The second-order valence-electron chi connectivity index (χ2n) is 11.1. The van der Waals surface area contributed by atoms with Crippen LogP contribution in [-0.4, -0.2) is 67.3 Å². The molecular weight excluding hydrogens is 602 g/mol. The minimum atomic E-state index is -0.633. The smallest absolute Gasteiger partial charge is 0.273 e. The Kier molecular flexibility index (Phi) is 7.28. The molecule has 2 amide bonds. The maximum Gasteiger partial charge on any atom is 0.273 e. The molecule has 236 valence electrons.